The highest BCUT2D eigenvalue weighted by molar-refractivity contribution is 5.75. The number of urea groups is 1. The van der Waals surface area contributed by atoms with Gasteiger partial charge in [0.1, 0.15) is 0 Å². The number of carbonyl (C=O) groups is 1. The summed E-state index contributed by atoms with van der Waals surface area (Å²) >= 11 is 0. The lowest BCUT2D eigenvalue weighted by atomic mass is 9.98. The van der Waals surface area contributed by atoms with Crippen molar-refractivity contribution in [2.45, 2.75) is 32.7 Å². The highest BCUT2D eigenvalue weighted by Crippen LogP contribution is 2.26. The van der Waals surface area contributed by atoms with Crippen LogP contribution in [-0.2, 0) is 13.0 Å². The van der Waals surface area contributed by atoms with Crippen molar-refractivity contribution >= 4 is 11.7 Å². The van der Waals surface area contributed by atoms with Crippen molar-refractivity contribution < 1.29 is 4.79 Å². The second kappa shape index (κ2) is 5.35. The zero-order chi connectivity index (χ0) is 14.1. The summed E-state index contributed by atoms with van der Waals surface area (Å²) in [5.41, 5.74) is 9.29. The van der Waals surface area contributed by atoms with Gasteiger partial charge in [-0.15, -0.1) is 0 Å². The average molecular weight is 273 g/mol. The van der Waals surface area contributed by atoms with Crippen LogP contribution in [0.25, 0.3) is 0 Å². The fourth-order valence-electron chi connectivity index (χ4n) is 3.33. The molecule has 0 bridgehead atoms. The number of rotatable bonds is 0. The van der Waals surface area contributed by atoms with E-state index in [-0.39, 0.29) is 6.03 Å². The standard InChI is InChI=1S/C16H23N3O/c1-12-4-3-8-18(10-12)16(20)19-9-7-13-5-2-6-15(17)14(13)11-19/h2,5-6,12H,3-4,7-11,17H2,1H3. The molecule has 108 valence electrons. The molecule has 0 saturated carbocycles. The molecule has 0 spiro atoms. The molecule has 1 saturated heterocycles. The van der Waals surface area contributed by atoms with Gasteiger partial charge in [0.25, 0.3) is 0 Å². The smallest absolute Gasteiger partial charge is 0.320 e. The molecule has 20 heavy (non-hydrogen) atoms. The summed E-state index contributed by atoms with van der Waals surface area (Å²) in [5.74, 6) is 0.620. The van der Waals surface area contributed by atoms with Gasteiger partial charge in [0, 0.05) is 31.9 Å². The number of amides is 2. The lowest BCUT2D eigenvalue weighted by molar-refractivity contribution is 0.127. The first-order valence-electron chi connectivity index (χ1n) is 7.55. The summed E-state index contributed by atoms with van der Waals surface area (Å²) < 4.78 is 0. The summed E-state index contributed by atoms with van der Waals surface area (Å²) in [4.78, 5) is 16.6. The predicted octanol–water partition coefficient (Wildman–Crippen LogP) is 2.48. The van der Waals surface area contributed by atoms with Crippen molar-refractivity contribution in [1.29, 1.82) is 0 Å². The van der Waals surface area contributed by atoms with Crippen molar-refractivity contribution in [2.24, 2.45) is 5.92 Å². The van der Waals surface area contributed by atoms with E-state index in [0.29, 0.717) is 12.5 Å². The maximum absolute atomic E-state index is 12.6. The number of benzene rings is 1. The number of hydrogen-bond donors (Lipinski definition) is 1. The Morgan fingerprint density at radius 1 is 1.30 bits per heavy atom. The first-order valence-corrected chi connectivity index (χ1v) is 7.55. The van der Waals surface area contributed by atoms with E-state index in [2.05, 4.69) is 13.0 Å². The number of hydrogen-bond acceptors (Lipinski definition) is 2. The summed E-state index contributed by atoms with van der Waals surface area (Å²) in [7, 11) is 0. The quantitative estimate of drug-likeness (QED) is 0.738. The normalized spacial score (nSPS) is 22.6. The van der Waals surface area contributed by atoms with E-state index in [9.17, 15) is 4.79 Å². The molecule has 2 aliphatic rings. The third-order valence-electron chi connectivity index (χ3n) is 4.51. The zero-order valence-electron chi connectivity index (χ0n) is 12.1. The second-order valence-electron chi connectivity index (χ2n) is 6.13. The molecular formula is C16H23N3O. The van der Waals surface area contributed by atoms with Gasteiger partial charge in [-0.25, -0.2) is 4.79 Å². The van der Waals surface area contributed by atoms with Gasteiger partial charge in [0.05, 0.1) is 0 Å². The van der Waals surface area contributed by atoms with E-state index in [0.717, 1.165) is 43.7 Å². The second-order valence-corrected chi connectivity index (χ2v) is 6.13. The lowest BCUT2D eigenvalue weighted by Gasteiger charge is -2.37. The summed E-state index contributed by atoms with van der Waals surface area (Å²) in [5, 5.41) is 0. The van der Waals surface area contributed by atoms with Gasteiger partial charge in [0.2, 0.25) is 0 Å². The van der Waals surface area contributed by atoms with Crippen molar-refractivity contribution in [3.8, 4) is 0 Å². The van der Waals surface area contributed by atoms with E-state index >= 15 is 0 Å². The van der Waals surface area contributed by atoms with Gasteiger partial charge in [-0.05, 0) is 42.4 Å². The molecule has 2 amide bonds. The van der Waals surface area contributed by atoms with Crippen LogP contribution >= 0.6 is 0 Å². The van der Waals surface area contributed by atoms with Crippen LogP contribution in [0.1, 0.15) is 30.9 Å². The molecule has 1 fully saturated rings. The van der Waals surface area contributed by atoms with Crippen LogP contribution in [0.5, 0.6) is 0 Å². The van der Waals surface area contributed by atoms with Crippen LogP contribution in [0.4, 0.5) is 10.5 Å². The molecule has 2 N–H and O–H groups in total. The van der Waals surface area contributed by atoms with Crippen LogP contribution in [0.3, 0.4) is 0 Å². The predicted molar refractivity (Wildman–Crippen MR) is 80.3 cm³/mol. The van der Waals surface area contributed by atoms with Gasteiger partial charge in [0.15, 0.2) is 0 Å². The van der Waals surface area contributed by atoms with Crippen LogP contribution in [0.15, 0.2) is 18.2 Å². The molecule has 0 radical (unpaired) electrons. The van der Waals surface area contributed by atoms with E-state index < -0.39 is 0 Å². The minimum atomic E-state index is 0.186. The number of nitrogens with two attached hydrogens (primary N) is 1. The minimum absolute atomic E-state index is 0.186. The first kappa shape index (κ1) is 13.3. The Labute approximate surface area is 120 Å². The van der Waals surface area contributed by atoms with Crippen molar-refractivity contribution in [2.75, 3.05) is 25.4 Å². The summed E-state index contributed by atoms with van der Waals surface area (Å²) in [6.07, 6.45) is 3.27. The summed E-state index contributed by atoms with van der Waals surface area (Å²) in [6, 6.07) is 6.23. The molecule has 0 aromatic heterocycles. The van der Waals surface area contributed by atoms with E-state index in [4.69, 9.17) is 5.73 Å². The molecular weight excluding hydrogens is 250 g/mol. The van der Waals surface area contributed by atoms with Crippen LogP contribution in [-0.4, -0.2) is 35.5 Å². The largest absolute Gasteiger partial charge is 0.398 e. The van der Waals surface area contributed by atoms with E-state index in [1.54, 1.807) is 0 Å². The molecule has 3 rings (SSSR count). The molecule has 0 aliphatic carbocycles. The molecule has 1 unspecified atom stereocenters. The molecule has 1 atom stereocenters. The Morgan fingerprint density at radius 3 is 2.95 bits per heavy atom. The monoisotopic (exact) mass is 273 g/mol. The van der Waals surface area contributed by atoms with Gasteiger partial charge >= 0.3 is 6.03 Å². The first-order chi connectivity index (χ1) is 9.65. The van der Waals surface area contributed by atoms with Crippen molar-refractivity contribution in [3.05, 3.63) is 29.3 Å². The molecule has 4 heteroatoms. The van der Waals surface area contributed by atoms with Crippen LogP contribution < -0.4 is 5.73 Å². The van der Waals surface area contributed by atoms with Gasteiger partial charge in [-0.2, -0.15) is 0 Å². The third kappa shape index (κ3) is 2.47. The Morgan fingerprint density at radius 2 is 2.15 bits per heavy atom. The number of nitrogens with zero attached hydrogens (tertiary/aromatic N) is 2. The maximum atomic E-state index is 12.6. The molecule has 1 aromatic rings. The highest BCUT2D eigenvalue weighted by Gasteiger charge is 2.28. The average Bonchev–Trinajstić information content (AvgIpc) is 2.47. The number of carbonyl (C=O) groups excluding carboxylic acids is 1. The van der Waals surface area contributed by atoms with Gasteiger partial charge < -0.3 is 15.5 Å². The van der Waals surface area contributed by atoms with Gasteiger partial charge in [-0.3, -0.25) is 0 Å². The number of nitrogen functional groups attached to an aromatic ring is 1. The van der Waals surface area contributed by atoms with Crippen molar-refractivity contribution in [1.82, 2.24) is 9.80 Å². The number of piperidine rings is 1. The molecule has 4 nitrogen and oxygen atoms in total. The van der Waals surface area contributed by atoms with Crippen LogP contribution in [0.2, 0.25) is 0 Å². The SMILES string of the molecule is CC1CCCN(C(=O)N2CCc3cccc(N)c3C2)C1. The Hall–Kier alpha value is -1.71. The number of likely N-dealkylation sites (tertiary alicyclic amines) is 1. The van der Waals surface area contributed by atoms with E-state index in [1.165, 1.54) is 12.0 Å². The summed E-state index contributed by atoms with van der Waals surface area (Å²) in [6.45, 7) is 5.48. The molecule has 2 heterocycles. The number of fused-ring (bicyclic) bond motifs is 1. The van der Waals surface area contributed by atoms with Gasteiger partial charge in [-0.1, -0.05) is 19.1 Å². The number of anilines is 1. The Balaban J connectivity index is 1.73. The third-order valence-corrected chi connectivity index (χ3v) is 4.51. The minimum Gasteiger partial charge on any atom is -0.398 e. The highest BCUT2D eigenvalue weighted by atomic mass is 16.2. The zero-order valence-corrected chi connectivity index (χ0v) is 12.1. The lowest BCUT2D eigenvalue weighted by Crippen LogP contribution is -2.48. The fraction of sp³-hybridized carbons (Fsp3) is 0.562. The Bertz CT molecular complexity index is 514. The molecule has 1 aromatic carbocycles. The topological polar surface area (TPSA) is 49.6 Å². The van der Waals surface area contributed by atoms with E-state index in [1.807, 2.05) is 21.9 Å². The fourth-order valence-corrected chi connectivity index (χ4v) is 3.33. The Kier molecular flexibility index (Phi) is 3.55. The van der Waals surface area contributed by atoms with Crippen molar-refractivity contribution in [3.63, 3.8) is 0 Å². The maximum Gasteiger partial charge on any atom is 0.320 e. The van der Waals surface area contributed by atoms with Crippen LogP contribution in [0, 0.1) is 5.92 Å². The molecule has 2 aliphatic heterocycles.